The van der Waals surface area contributed by atoms with Gasteiger partial charge in [0, 0.05) is 23.7 Å². The highest BCUT2D eigenvalue weighted by Crippen LogP contribution is 2.30. The Balaban J connectivity index is 2.06. The third-order valence-electron chi connectivity index (χ3n) is 2.26. The third-order valence-corrected chi connectivity index (χ3v) is 4.17. The Labute approximate surface area is 114 Å². The van der Waals surface area contributed by atoms with Crippen LogP contribution >= 0.6 is 22.7 Å². The summed E-state index contributed by atoms with van der Waals surface area (Å²) in [4.78, 5) is 17.6. The van der Waals surface area contributed by atoms with Crippen LogP contribution in [0.15, 0.2) is 17.5 Å². The van der Waals surface area contributed by atoms with E-state index in [1.54, 1.807) is 22.7 Å². The number of aromatic nitrogens is 1. The fourth-order valence-corrected chi connectivity index (χ4v) is 3.21. The minimum atomic E-state index is -0.00644. The predicted octanol–water partition coefficient (Wildman–Crippen LogP) is 2.94. The third kappa shape index (κ3) is 3.30. The molecule has 2 heterocycles. The summed E-state index contributed by atoms with van der Waals surface area (Å²) in [5.74, 6) is -0.00644. The van der Waals surface area contributed by atoms with Gasteiger partial charge in [-0.1, -0.05) is 0 Å². The molecule has 0 aromatic carbocycles. The first-order valence-electron chi connectivity index (χ1n) is 5.72. The molecular weight excluding hydrogens is 266 g/mol. The van der Waals surface area contributed by atoms with E-state index in [0.29, 0.717) is 6.54 Å². The van der Waals surface area contributed by atoms with Crippen LogP contribution in [0.25, 0.3) is 10.6 Å². The number of amides is 1. The molecule has 2 aromatic rings. The molecule has 96 valence electrons. The van der Waals surface area contributed by atoms with Crippen molar-refractivity contribution >= 4 is 33.7 Å². The van der Waals surface area contributed by atoms with Gasteiger partial charge in [0.2, 0.25) is 5.91 Å². The number of anilines is 1. The first-order valence-corrected chi connectivity index (χ1v) is 7.41. The van der Waals surface area contributed by atoms with Gasteiger partial charge in [-0.05, 0) is 19.1 Å². The average molecular weight is 281 g/mol. The van der Waals surface area contributed by atoms with Crippen molar-refractivity contribution in [2.24, 2.45) is 0 Å². The van der Waals surface area contributed by atoms with E-state index in [9.17, 15) is 4.79 Å². The molecule has 0 unspecified atom stereocenters. The lowest BCUT2D eigenvalue weighted by Crippen LogP contribution is -2.17. The summed E-state index contributed by atoms with van der Waals surface area (Å²) in [5.41, 5.74) is 0.995. The van der Waals surface area contributed by atoms with Crippen LogP contribution in [0, 0.1) is 0 Å². The number of thiazole rings is 1. The monoisotopic (exact) mass is 281 g/mol. The minimum Gasteiger partial charge on any atom is -0.362 e. The largest absolute Gasteiger partial charge is 0.362 e. The van der Waals surface area contributed by atoms with E-state index in [0.717, 1.165) is 27.1 Å². The molecule has 0 atom stereocenters. The lowest BCUT2D eigenvalue weighted by molar-refractivity contribution is -0.119. The highest BCUT2D eigenvalue weighted by atomic mass is 32.1. The highest BCUT2D eigenvalue weighted by Gasteiger charge is 2.07. The number of hydrogen-bond donors (Lipinski definition) is 2. The fraction of sp³-hybridized carbons (Fsp3) is 0.333. The molecule has 0 saturated carbocycles. The van der Waals surface area contributed by atoms with Crippen molar-refractivity contribution in [1.29, 1.82) is 0 Å². The summed E-state index contributed by atoms with van der Waals surface area (Å²) < 4.78 is 0. The molecule has 18 heavy (non-hydrogen) atoms. The van der Waals surface area contributed by atoms with E-state index in [-0.39, 0.29) is 5.91 Å². The predicted molar refractivity (Wildman–Crippen MR) is 77.1 cm³/mol. The zero-order valence-corrected chi connectivity index (χ0v) is 12.0. The highest BCUT2D eigenvalue weighted by molar-refractivity contribution is 7.17. The number of nitrogens with zero attached hydrogens (tertiary/aromatic N) is 1. The molecule has 0 aliphatic heterocycles. The Morgan fingerprint density at radius 2 is 2.28 bits per heavy atom. The molecule has 2 aromatic heterocycles. The van der Waals surface area contributed by atoms with E-state index in [2.05, 4.69) is 22.5 Å². The maximum Gasteiger partial charge on any atom is 0.217 e. The van der Waals surface area contributed by atoms with Crippen molar-refractivity contribution in [2.75, 3.05) is 11.9 Å². The number of hydrogen-bond acceptors (Lipinski definition) is 5. The zero-order chi connectivity index (χ0) is 13.0. The SMILES string of the molecule is CCNc1nc(-c2ccc(CNC(C)=O)s2)cs1. The normalized spacial score (nSPS) is 10.3. The van der Waals surface area contributed by atoms with E-state index >= 15 is 0 Å². The Kier molecular flexibility index (Phi) is 4.33. The second kappa shape index (κ2) is 5.97. The van der Waals surface area contributed by atoms with Crippen molar-refractivity contribution in [1.82, 2.24) is 10.3 Å². The van der Waals surface area contributed by atoms with Crippen LogP contribution in [-0.2, 0) is 11.3 Å². The van der Waals surface area contributed by atoms with Crippen molar-refractivity contribution in [2.45, 2.75) is 20.4 Å². The average Bonchev–Trinajstić information content (AvgIpc) is 2.94. The Hall–Kier alpha value is -1.40. The van der Waals surface area contributed by atoms with E-state index in [1.807, 2.05) is 17.5 Å². The van der Waals surface area contributed by atoms with Crippen molar-refractivity contribution in [3.05, 3.63) is 22.4 Å². The van der Waals surface area contributed by atoms with Crippen molar-refractivity contribution in [3.8, 4) is 10.6 Å². The first kappa shape index (κ1) is 13.0. The molecule has 0 radical (unpaired) electrons. The number of carbonyl (C=O) groups is 1. The molecule has 0 spiro atoms. The molecule has 1 amide bonds. The van der Waals surface area contributed by atoms with E-state index in [4.69, 9.17) is 0 Å². The quantitative estimate of drug-likeness (QED) is 0.886. The summed E-state index contributed by atoms with van der Waals surface area (Å²) in [7, 11) is 0. The minimum absolute atomic E-state index is 0.00644. The van der Waals surface area contributed by atoms with Crippen molar-refractivity contribution < 1.29 is 4.79 Å². The fourth-order valence-electron chi connectivity index (χ4n) is 1.44. The molecule has 0 fully saturated rings. The molecule has 4 nitrogen and oxygen atoms in total. The Morgan fingerprint density at radius 1 is 1.44 bits per heavy atom. The number of thiophene rings is 1. The summed E-state index contributed by atoms with van der Waals surface area (Å²) >= 11 is 3.27. The van der Waals surface area contributed by atoms with Gasteiger partial charge in [0.15, 0.2) is 5.13 Å². The molecular formula is C12H15N3OS2. The van der Waals surface area contributed by atoms with Gasteiger partial charge < -0.3 is 10.6 Å². The number of rotatable bonds is 5. The smallest absolute Gasteiger partial charge is 0.217 e. The lowest BCUT2D eigenvalue weighted by atomic mass is 10.3. The van der Waals surface area contributed by atoms with Gasteiger partial charge in [0.25, 0.3) is 0 Å². The van der Waals surface area contributed by atoms with Crippen LogP contribution in [0.4, 0.5) is 5.13 Å². The topological polar surface area (TPSA) is 54.0 Å². The van der Waals surface area contributed by atoms with Gasteiger partial charge in [0.05, 0.1) is 17.1 Å². The maximum absolute atomic E-state index is 10.8. The van der Waals surface area contributed by atoms with Gasteiger partial charge in [-0.15, -0.1) is 22.7 Å². The second-order valence-electron chi connectivity index (χ2n) is 3.74. The van der Waals surface area contributed by atoms with Gasteiger partial charge in [-0.2, -0.15) is 0 Å². The lowest BCUT2D eigenvalue weighted by Gasteiger charge is -1.97. The van der Waals surface area contributed by atoms with Gasteiger partial charge >= 0.3 is 0 Å². The maximum atomic E-state index is 10.8. The van der Waals surface area contributed by atoms with E-state index in [1.165, 1.54) is 6.92 Å². The van der Waals surface area contributed by atoms with E-state index < -0.39 is 0 Å². The molecule has 0 saturated heterocycles. The van der Waals surface area contributed by atoms with Gasteiger partial charge in [0.1, 0.15) is 0 Å². The number of nitrogens with one attached hydrogen (secondary N) is 2. The molecule has 6 heteroatoms. The Bertz CT molecular complexity index is 533. The van der Waals surface area contributed by atoms with Crippen LogP contribution in [-0.4, -0.2) is 17.4 Å². The summed E-state index contributed by atoms with van der Waals surface area (Å²) in [5, 5.41) is 8.99. The van der Waals surface area contributed by atoms with Crippen LogP contribution in [0.3, 0.4) is 0 Å². The standard InChI is InChI=1S/C12H15N3OS2/c1-3-13-12-15-10(7-17-12)11-5-4-9(18-11)6-14-8(2)16/h4-5,7H,3,6H2,1-2H3,(H,13,15)(H,14,16). The molecule has 2 N–H and O–H groups in total. The summed E-state index contributed by atoms with van der Waals surface area (Å²) in [6.07, 6.45) is 0. The first-order chi connectivity index (χ1) is 8.69. The Morgan fingerprint density at radius 3 is 3.00 bits per heavy atom. The molecule has 0 aliphatic carbocycles. The molecule has 0 bridgehead atoms. The molecule has 2 rings (SSSR count). The van der Waals surface area contributed by atoms with Gasteiger partial charge in [-0.3, -0.25) is 4.79 Å². The van der Waals surface area contributed by atoms with Crippen LogP contribution in [0.1, 0.15) is 18.7 Å². The van der Waals surface area contributed by atoms with Crippen LogP contribution in [0.2, 0.25) is 0 Å². The van der Waals surface area contributed by atoms with Crippen LogP contribution < -0.4 is 10.6 Å². The second-order valence-corrected chi connectivity index (χ2v) is 5.77. The summed E-state index contributed by atoms with van der Waals surface area (Å²) in [6.45, 7) is 5.05. The molecule has 0 aliphatic rings. The zero-order valence-electron chi connectivity index (χ0n) is 10.3. The van der Waals surface area contributed by atoms with Crippen molar-refractivity contribution in [3.63, 3.8) is 0 Å². The van der Waals surface area contributed by atoms with Gasteiger partial charge in [-0.25, -0.2) is 4.98 Å². The van der Waals surface area contributed by atoms with Crippen LogP contribution in [0.5, 0.6) is 0 Å². The summed E-state index contributed by atoms with van der Waals surface area (Å²) in [6, 6.07) is 4.08. The number of carbonyl (C=O) groups excluding carboxylic acids is 1.